The summed E-state index contributed by atoms with van der Waals surface area (Å²) in [6, 6.07) is 11.4. The quantitative estimate of drug-likeness (QED) is 0.526. The standard InChI is InChI=1S/C16H14N4O4/c1-2-24-15-9-11(7-8-14(15)20(22)23)10-19-16(21)12-5-3-4-6-13(12)17-18-19/h3-9H,2,10H2,1H3. The van der Waals surface area contributed by atoms with E-state index in [4.69, 9.17) is 4.74 Å². The van der Waals surface area contributed by atoms with E-state index in [9.17, 15) is 14.9 Å². The van der Waals surface area contributed by atoms with Crippen LogP contribution < -0.4 is 10.3 Å². The number of rotatable bonds is 5. The molecular formula is C16H14N4O4. The van der Waals surface area contributed by atoms with Crippen LogP contribution in [-0.4, -0.2) is 26.5 Å². The molecule has 0 aliphatic carbocycles. The Bertz CT molecular complexity index is 968. The molecule has 3 aromatic rings. The fourth-order valence-electron chi connectivity index (χ4n) is 2.38. The maximum Gasteiger partial charge on any atom is 0.310 e. The molecule has 0 spiro atoms. The van der Waals surface area contributed by atoms with Crippen molar-refractivity contribution in [2.75, 3.05) is 6.61 Å². The Hall–Kier alpha value is -3.29. The lowest BCUT2D eigenvalue weighted by molar-refractivity contribution is -0.385. The first-order valence-corrected chi connectivity index (χ1v) is 7.33. The summed E-state index contributed by atoms with van der Waals surface area (Å²) in [4.78, 5) is 23.0. The maximum absolute atomic E-state index is 12.4. The topological polar surface area (TPSA) is 100 Å². The minimum Gasteiger partial charge on any atom is -0.487 e. The lowest BCUT2D eigenvalue weighted by Gasteiger charge is -2.08. The van der Waals surface area contributed by atoms with Crippen LogP contribution in [0, 0.1) is 10.1 Å². The van der Waals surface area contributed by atoms with E-state index in [1.807, 2.05) is 0 Å². The van der Waals surface area contributed by atoms with Gasteiger partial charge in [0, 0.05) is 6.07 Å². The molecular weight excluding hydrogens is 312 g/mol. The minimum absolute atomic E-state index is 0.113. The lowest BCUT2D eigenvalue weighted by atomic mass is 10.2. The molecule has 122 valence electrons. The maximum atomic E-state index is 12.4. The third kappa shape index (κ3) is 2.94. The van der Waals surface area contributed by atoms with Gasteiger partial charge in [0.2, 0.25) is 0 Å². The monoisotopic (exact) mass is 326 g/mol. The molecule has 0 unspecified atom stereocenters. The van der Waals surface area contributed by atoms with Gasteiger partial charge in [-0.3, -0.25) is 14.9 Å². The first kappa shape index (κ1) is 15.6. The molecule has 1 heterocycles. The highest BCUT2D eigenvalue weighted by Crippen LogP contribution is 2.28. The van der Waals surface area contributed by atoms with Gasteiger partial charge in [-0.1, -0.05) is 23.4 Å². The molecule has 8 nitrogen and oxygen atoms in total. The van der Waals surface area contributed by atoms with Gasteiger partial charge in [0.05, 0.1) is 23.5 Å². The average molecular weight is 326 g/mol. The number of ether oxygens (including phenoxy) is 1. The first-order valence-electron chi connectivity index (χ1n) is 7.33. The lowest BCUT2D eigenvalue weighted by Crippen LogP contribution is -2.24. The van der Waals surface area contributed by atoms with E-state index >= 15 is 0 Å². The second kappa shape index (κ2) is 6.45. The van der Waals surface area contributed by atoms with Gasteiger partial charge >= 0.3 is 5.69 Å². The van der Waals surface area contributed by atoms with Crippen LogP contribution in [0.2, 0.25) is 0 Å². The van der Waals surface area contributed by atoms with Gasteiger partial charge in [-0.2, -0.15) is 0 Å². The number of hydrogen-bond donors (Lipinski definition) is 0. The zero-order valence-electron chi connectivity index (χ0n) is 12.9. The molecule has 0 atom stereocenters. The van der Waals surface area contributed by atoms with Gasteiger partial charge in [-0.05, 0) is 30.7 Å². The van der Waals surface area contributed by atoms with Crippen molar-refractivity contribution in [3.05, 3.63) is 68.5 Å². The van der Waals surface area contributed by atoms with Crippen LogP contribution in [0.15, 0.2) is 47.3 Å². The highest BCUT2D eigenvalue weighted by Gasteiger charge is 2.16. The Kier molecular flexibility index (Phi) is 4.19. The van der Waals surface area contributed by atoms with E-state index in [0.717, 1.165) is 0 Å². The summed E-state index contributed by atoms with van der Waals surface area (Å²) in [6.07, 6.45) is 0. The van der Waals surface area contributed by atoms with E-state index < -0.39 is 4.92 Å². The Balaban J connectivity index is 1.99. The number of nitrogens with zero attached hydrogens (tertiary/aromatic N) is 4. The van der Waals surface area contributed by atoms with Crippen LogP contribution in [0.4, 0.5) is 5.69 Å². The molecule has 24 heavy (non-hydrogen) atoms. The van der Waals surface area contributed by atoms with Crippen LogP contribution in [0.3, 0.4) is 0 Å². The van der Waals surface area contributed by atoms with Gasteiger partial charge in [-0.15, -0.1) is 5.10 Å². The molecule has 0 fully saturated rings. The third-order valence-electron chi connectivity index (χ3n) is 3.48. The van der Waals surface area contributed by atoms with Gasteiger partial charge in [0.25, 0.3) is 5.56 Å². The van der Waals surface area contributed by atoms with Crippen molar-refractivity contribution < 1.29 is 9.66 Å². The molecule has 0 aliphatic heterocycles. The van der Waals surface area contributed by atoms with Crippen molar-refractivity contribution in [2.45, 2.75) is 13.5 Å². The van der Waals surface area contributed by atoms with Crippen molar-refractivity contribution in [3.8, 4) is 5.75 Å². The molecule has 0 saturated heterocycles. The summed E-state index contributed by atoms with van der Waals surface area (Å²) in [5.74, 6) is 0.168. The van der Waals surface area contributed by atoms with Crippen molar-refractivity contribution >= 4 is 16.6 Å². The molecule has 3 rings (SSSR count). The van der Waals surface area contributed by atoms with Crippen LogP contribution in [0.25, 0.3) is 10.9 Å². The van der Waals surface area contributed by atoms with Crippen molar-refractivity contribution in [3.63, 3.8) is 0 Å². The minimum atomic E-state index is -0.503. The summed E-state index contributed by atoms with van der Waals surface area (Å²) < 4.78 is 6.53. The van der Waals surface area contributed by atoms with Gasteiger partial charge in [0.15, 0.2) is 5.75 Å². The highest BCUT2D eigenvalue weighted by molar-refractivity contribution is 5.76. The fraction of sp³-hybridized carbons (Fsp3) is 0.188. The van der Waals surface area contributed by atoms with Crippen LogP contribution >= 0.6 is 0 Å². The van der Waals surface area contributed by atoms with Crippen molar-refractivity contribution in [1.82, 2.24) is 15.0 Å². The second-order valence-corrected chi connectivity index (χ2v) is 5.06. The highest BCUT2D eigenvalue weighted by atomic mass is 16.6. The van der Waals surface area contributed by atoms with Crippen LogP contribution in [0.5, 0.6) is 5.75 Å². The summed E-state index contributed by atoms with van der Waals surface area (Å²) >= 11 is 0. The molecule has 8 heteroatoms. The molecule has 0 radical (unpaired) electrons. The average Bonchev–Trinajstić information content (AvgIpc) is 2.58. The number of benzene rings is 2. The molecule has 0 bridgehead atoms. The van der Waals surface area contributed by atoms with Crippen molar-refractivity contribution in [1.29, 1.82) is 0 Å². The number of nitro groups is 1. The normalized spacial score (nSPS) is 10.7. The van der Waals surface area contributed by atoms with E-state index in [1.165, 1.54) is 10.7 Å². The molecule has 0 N–H and O–H groups in total. The van der Waals surface area contributed by atoms with E-state index in [0.29, 0.717) is 23.1 Å². The van der Waals surface area contributed by atoms with E-state index in [2.05, 4.69) is 10.3 Å². The summed E-state index contributed by atoms with van der Waals surface area (Å²) in [5.41, 5.74) is 0.808. The summed E-state index contributed by atoms with van der Waals surface area (Å²) in [5, 5.41) is 19.4. The summed E-state index contributed by atoms with van der Waals surface area (Å²) in [7, 11) is 0. The molecule has 1 aromatic heterocycles. The third-order valence-corrected chi connectivity index (χ3v) is 3.48. The number of fused-ring (bicyclic) bond motifs is 1. The van der Waals surface area contributed by atoms with Gasteiger partial charge in [-0.25, -0.2) is 4.68 Å². The van der Waals surface area contributed by atoms with E-state index in [-0.39, 0.29) is 23.5 Å². The Morgan fingerprint density at radius 1 is 1.25 bits per heavy atom. The smallest absolute Gasteiger partial charge is 0.310 e. The predicted octanol–water partition coefficient (Wildman–Crippen LogP) is 2.15. The molecule has 0 amide bonds. The first-order chi connectivity index (χ1) is 11.6. The fourth-order valence-corrected chi connectivity index (χ4v) is 2.38. The Labute approximate surface area is 136 Å². The number of aromatic nitrogens is 3. The van der Waals surface area contributed by atoms with Crippen molar-refractivity contribution in [2.24, 2.45) is 0 Å². The zero-order valence-corrected chi connectivity index (χ0v) is 12.9. The number of hydrogen-bond acceptors (Lipinski definition) is 6. The van der Waals surface area contributed by atoms with Crippen LogP contribution in [0.1, 0.15) is 12.5 Å². The van der Waals surface area contributed by atoms with Crippen LogP contribution in [-0.2, 0) is 6.54 Å². The Morgan fingerprint density at radius 2 is 2.04 bits per heavy atom. The molecule has 0 saturated carbocycles. The van der Waals surface area contributed by atoms with E-state index in [1.54, 1.807) is 43.3 Å². The molecule has 0 aliphatic rings. The summed E-state index contributed by atoms with van der Waals surface area (Å²) in [6.45, 7) is 2.20. The second-order valence-electron chi connectivity index (χ2n) is 5.06. The predicted molar refractivity (Wildman–Crippen MR) is 87.2 cm³/mol. The molecule has 2 aromatic carbocycles. The SMILES string of the molecule is CCOc1cc(Cn2nnc3ccccc3c2=O)ccc1[N+](=O)[O-]. The van der Waals surface area contributed by atoms with Gasteiger partial charge in [0.1, 0.15) is 5.52 Å². The Morgan fingerprint density at radius 3 is 2.79 bits per heavy atom. The number of nitro benzene ring substituents is 1. The zero-order chi connectivity index (χ0) is 17.1. The van der Waals surface area contributed by atoms with Gasteiger partial charge < -0.3 is 4.74 Å². The largest absolute Gasteiger partial charge is 0.487 e.